The van der Waals surface area contributed by atoms with Crippen molar-refractivity contribution in [3.8, 4) is 0 Å². The molecule has 0 aliphatic carbocycles. The van der Waals surface area contributed by atoms with Gasteiger partial charge in [-0.15, -0.1) is 0 Å². The van der Waals surface area contributed by atoms with E-state index in [9.17, 15) is 9.59 Å². The van der Waals surface area contributed by atoms with E-state index in [0.717, 1.165) is 15.6 Å². The molecular formula is C12H15BrN4O2. The summed E-state index contributed by atoms with van der Waals surface area (Å²) in [5.74, 6) is -0.323. The number of fused-ring (bicyclic) bond motifs is 1. The number of amides is 1. The predicted octanol–water partition coefficient (Wildman–Crippen LogP) is 1.27. The van der Waals surface area contributed by atoms with Gasteiger partial charge in [0.25, 0.3) is 0 Å². The summed E-state index contributed by atoms with van der Waals surface area (Å²) in [4.78, 5) is 27.3. The van der Waals surface area contributed by atoms with Crippen LogP contribution in [0.5, 0.6) is 0 Å². The molecule has 1 atom stereocenters. The lowest BCUT2D eigenvalue weighted by Gasteiger charge is -2.13. The van der Waals surface area contributed by atoms with Crippen molar-refractivity contribution < 1.29 is 4.79 Å². The van der Waals surface area contributed by atoms with Gasteiger partial charge in [0.1, 0.15) is 0 Å². The first-order chi connectivity index (χ1) is 8.97. The van der Waals surface area contributed by atoms with Crippen LogP contribution in [0.3, 0.4) is 0 Å². The number of nitrogens with two attached hydrogens (primary N) is 2. The van der Waals surface area contributed by atoms with Gasteiger partial charge in [0.2, 0.25) is 5.91 Å². The lowest BCUT2D eigenvalue weighted by atomic mass is 10.0. The van der Waals surface area contributed by atoms with Crippen molar-refractivity contribution in [2.75, 3.05) is 0 Å². The summed E-state index contributed by atoms with van der Waals surface area (Å²) < 4.78 is 0.835. The fraction of sp³-hybridized carbons (Fsp3) is 0.333. The monoisotopic (exact) mass is 326 g/mol. The smallest absolute Gasteiger partial charge is 0.323 e. The Labute approximate surface area is 117 Å². The zero-order chi connectivity index (χ0) is 14.0. The maximum absolute atomic E-state index is 11.2. The fourth-order valence-electron chi connectivity index (χ4n) is 2.01. The Bertz CT molecular complexity index is 661. The van der Waals surface area contributed by atoms with Crippen LogP contribution in [0.25, 0.3) is 11.0 Å². The number of aromatic amines is 2. The largest absolute Gasteiger partial charge is 0.370 e. The molecule has 1 unspecified atom stereocenters. The Kier molecular flexibility index (Phi) is 4.06. The zero-order valence-electron chi connectivity index (χ0n) is 10.2. The number of hydrogen-bond donors (Lipinski definition) is 4. The molecule has 0 saturated heterocycles. The molecule has 0 bridgehead atoms. The number of rotatable bonds is 5. The first-order valence-electron chi connectivity index (χ1n) is 5.92. The first-order valence-corrected chi connectivity index (χ1v) is 6.72. The van der Waals surface area contributed by atoms with Crippen LogP contribution in [0, 0.1) is 0 Å². The lowest BCUT2D eigenvalue weighted by Crippen LogP contribution is -2.14. The van der Waals surface area contributed by atoms with Gasteiger partial charge in [-0.05, 0) is 30.5 Å². The highest BCUT2D eigenvalue weighted by Gasteiger charge is 2.12. The van der Waals surface area contributed by atoms with Crippen LogP contribution in [0.1, 0.15) is 30.9 Å². The van der Waals surface area contributed by atoms with Gasteiger partial charge >= 0.3 is 5.69 Å². The molecule has 102 valence electrons. The highest BCUT2D eigenvalue weighted by Crippen LogP contribution is 2.28. The van der Waals surface area contributed by atoms with Crippen molar-refractivity contribution in [3.63, 3.8) is 0 Å². The van der Waals surface area contributed by atoms with Gasteiger partial charge < -0.3 is 21.4 Å². The summed E-state index contributed by atoms with van der Waals surface area (Å²) in [7, 11) is 0. The molecule has 0 aliphatic heterocycles. The Morgan fingerprint density at radius 3 is 2.58 bits per heavy atom. The molecule has 0 fully saturated rings. The van der Waals surface area contributed by atoms with Crippen molar-refractivity contribution in [1.29, 1.82) is 0 Å². The van der Waals surface area contributed by atoms with E-state index >= 15 is 0 Å². The predicted molar refractivity (Wildman–Crippen MR) is 76.6 cm³/mol. The standard InChI is InChI=1S/C12H15BrN4O2/c13-7-5-10-9(16-12(19)17-10)4-6(7)8(14)2-1-3-11(15)18/h4-5,8H,1-3,14H2,(H2,15,18)(H2,16,17,19). The highest BCUT2D eigenvalue weighted by molar-refractivity contribution is 9.10. The number of H-pyrrole nitrogens is 2. The zero-order valence-corrected chi connectivity index (χ0v) is 11.8. The number of hydrogen-bond acceptors (Lipinski definition) is 3. The molecule has 1 aromatic carbocycles. The van der Waals surface area contributed by atoms with Crippen LogP contribution in [0.4, 0.5) is 0 Å². The molecule has 1 aromatic heterocycles. The van der Waals surface area contributed by atoms with Gasteiger partial charge in [-0.2, -0.15) is 0 Å². The second-order valence-corrected chi connectivity index (χ2v) is 5.32. The summed E-state index contributed by atoms with van der Waals surface area (Å²) >= 11 is 3.44. The van der Waals surface area contributed by atoms with E-state index in [1.54, 1.807) is 0 Å². The number of nitrogens with one attached hydrogen (secondary N) is 2. The minimum atomic E-state index is -0.323. The molecule has 0 spiro atoms. The quantitative estimate of drug-likeness (QED) is 0.662. The molecule has 7 heteroatoms. The molecule has 6 nitrogen and oxygen atoms in total. The van der Waals surface area contributed by atoms with Crippen molar-refractivity contribution in [1.82, 2.24) is 9.97 Å². The van der Waals surface area contributed by atoms with Crippen LogP contribution in [-0.2, 0) is 4.79 Å². The van der Waals surface area contributed by atoms with Crippen LogP contribution < -0.4 is 17.2 Å². The normalized spacial score (nSPS) is 12.7. The van der Waals surface area contributed by atoms with Crippen molar-refractivity contribution in [2.45, 2.75) is 25.3 Å². The maximum atomic E-state index is 11.2. The van der Waals surface area contributed by atoms with Gasteiger partial charge in [-0.3, -0.25) is 4.79 Å². The Balaban J connectivity index is 2.20. The number of imidazole rings is 1. The Morgan fingerprint density at radius 2 is 1.95 bits per heavy atom. The number of carbonyl (C=O) groups excluding carboxylic acids is 1. The molecule has 2 rings (SSSR count). The third-order valence-electron chi connectivity index (χ3n) is 2.97. The number of primary amides is 1. The van der Waals surface area contributed by atoms with E-state index in [-0.39, 0.29) is 17.6 Å². The van der Waals surface area contributed by atoms with Gasteiger partial charge in [0, 0.05) is 16.9 Å². The van der Waals surface area contributed by atoms with E-state index in [4.69, 9.17) is 11.5 Å². The highest BCUT2D eigenvalue weighted by atomic mass is 79.9. The number of carbonyl (C=O) groups is 1. The Hall–Kier alpha value is -1.60. The third-order valence-corrected chi connectivity index (χ3v) is 3.66. The molecule has 1 heterocycles. The fourth-order valence-corrected chi connectivity index (χ4v) is 2.65. The van der Waals surface area contributed by atoms with Gasteiger partial charge in [0.15, 0.2) is 0 Å². The average molecular weight is 327 g/mol. The average Bonchev–Trinajstić information content (AvgIpc) is 2.66. The number of halogens is 1. The lowest BCUT2D eigenvalue weighted by molar-refractivity contribution is -0.118. The molecule has 0 radical (unpaired) electrons. The van der Waals surface area contributed by atoms with Gasteiger partial charge in [-0.25, -0.2) is 4.79 Å². The summed E-state index contributed by atoms with van der Waals surface area (Å²) in [6, 6.07) is 3.44. The van der Waals surface area contributed by atoms with E-state index in [0.29, 0.717) is 24.8 Å². The summed E-state index contributed by atoms with van der Waals surface area (Å²) in [5, 5.41) is 0. The summed E-state index contributed by atoms with van der Waals surface area (Å²) in [6.07, 6.45) is 1.63. The van der Waals surface area contributed by atoms with Crippen LogP contribution in [-0.4, -0.2) is 15.9 Å². The minimum absolute atomic E-state index is 0.212. The Morgan fingerprint density at radius 1 is 1.32 bits per heavy atom. The van der Waals surface area contributed by atoms with Crippen molar-refractivity contribution in [3.05, 3.63) is 32.7 Å². The van der Waals surface area contributed by atoms with Gasteiger partial charge in [-0.1, -0.05) is 15.9 Å². The molecule has 0 saturated carbocycles. The second kappa shape index (κ2) is 5.58. The summed E-state index contributed by atoms with van der Waals surface area (Å²) in [6.45, 7) is 0. The minimum Gasteiger partial charge on any atom is -0.370 e. The topological polar surface area (TPSA) is 118 Å². The number of benzene rings is 1. The van der Waals surface area contributed by atoms with E-state index in [2.05, 4.69) is 25.9 Å². The maximum Gasteiger partial charge on any atom is 0.323 e. The molecule has 19 heavy (non-hydrogen) atoms. The van der Waals surface area contributed by atoms with Crippen LogP contribution in [0.15, 0.2) is 21.4 Å². The van der Waals surface area contributed by atoms with Gasteiger partial charge in [0.05, 0.1) is 11.0 Å². The molecule has 1 amide bonds. The molecule has 6 N–H and O–H groups in total. The third kappa shape index (κ3) is 3.24. The van der Waals surface area contributed by atoms with E-state index < -0.39 is 0 Å². The van der Waals surface area contributed by atoms with Crippen LogP contribution >= 0.6 is 15.9 Å². The second-order valence-electron chi connectivity index (χ2n) is 4.46. The van der Waals surface area contributed by atoms with Crippen molar-refractivity contribution >= 4 is 32.9 Å². The van der Waals surface area contributed by atoms with Crippen molar-refractivity contribution in [2.24, 2.45) is 11.5 Å². The van der Waals surface area contributed by atoms with E-state index in [1.807, 2.05) is 12.1 Å². The number of aromatic nitrogens is 2. The van der Waals surface area contributed by atoms with Crippen LogP contribution in [0.2, 0.25) is 0 Å². The summed E-state index contributed by atoms with van der Waals surface area (Å²) in [5.41, 5.74) is 13.3. The molecule has 0 aliphatic rings. The molecular weight excluding hydrogens is 312 g/mol. The first kappa shape index (κ1) is 13.8. The SMILES string of the molecule is NC(=O)CCCC(N)c1cc2[nH]c(=O)[nH]c2cc1Br. The molecule has 2 aromatic rings. The van der Waals surface area contributed by atoms with E-state index in [1.165, 1.54) is 0 Å².